The fraction of sp³-hybridized carbons (Fsp3) is 0.143. The number of anilines is 2. The van der Waals surface area contributed by atoms with Crippen LogP contribution in [0.4, 0.5) is 11.5 Å². The van der Waals surface area contributed by atoms with Gasteiger partial charge in [0.1, 0.15) is 6.61 Å². The summed E-state index contributed by atoms with van der Waals surface area (Å²) in [7, 11) is 1.81. The van der Waals surface area contributed by atoms with Crippen LogP contribution in [0.1, 0.15) is 5.56 Å². The number of hydrogen-bond acceptors (Lipinski definition) is 6. The van der Waals surface area contributed by atoms with Crippen LogP contribution in [0.3, 0.4) is 0 Å². The number of pyridine rings is 1. The quantitative estimate of drug-likeness (QED) is 0.506. The minimum absolute atomic E-state index is 0.0241. The Balaban J connectivity index is 1.39. The molecule has 29 heavy (non-hydrogen) atoms. The Morgan fingerprint density at radius 3 is 2.72 bits per heavy atom. The third-order valence-electron chi connectivity index (χ3n) is 4.35. The molecule has 8 heteroatoms. The van der Waals surface area contributed by atoms with E-state index in [1.165, 1.54) is 0 Å². The minimum Gasteiger partial charge on any atom is -0.370 e. The summed E-state index contributed by atoms with van der Waals surface area (Å²) in [6.07, 6.45) is 8.81. The topological polar surface area (TPSA) is 93.4 Å². The highest BCUT2D eigenvalue weighted by Crippen LogP contribution is 2.24. The molecule has 3 heterocycles. The maximum absolute atomic E-state index is 12.1. The number of nitrogens with zero attached hydrogens (tertiary/aromatic N) is 4. The fourth-order valence-corrected chi connectivity index (χ4v) is 2.98. The van der Waals surface area contributed by atoms with E-state index in [4.69, 9.17) is 4.74 Å². The van der Waals surface area contributed by atoms with Crippen molar-refractivity contribution in [1.29, 1.82) is 0 Å². The van der Waals surface area contributed by atoms with Crippen LogP contribution < -0.4 is 10.6 Å². The summed E-state index contributed by atoms with van der Waals surface area (Å²) in [5.41, 5.74) is 4.31. The second kappa shape index (κ2) is 8.49. The van der Waals surface area contributed by atoms with Gasteiger partial charge in [0, 0.05) is 43.1 Å². The van der Waals surface area contributed by atoms with Crippen LogP contribution in [0.5, 0.6) is 0 Å². The molecule has 0 radical (unpaired) electrons. The molecule has 8 nitrogen and oxygen atoms in total. The van der Waals surface area contributed by atoms with Gasteiger partial charge in [0.05, 0.1) is 18.5 Å². The number of hydrogen-bond donors (Lipinski definition) is 2. The Hall–Kier alpha value is -3.78. The Morgan fingerprint density at radius 2 is 1.97 bits per heavy atom. The molecule has 4 aromatic rings. The third kappa shape index (κ3) is 4.22. The molecule has 2 N–H and O–H groups in total. The molecule has 0 aliphatic heterocycles. The Bertz CT molecular complexity index is 1110. The van der Waals surface area contributed by atoms with Crippen molar-refractivity contribution in [3.8, 4) is 11.3 Å². The number of ether oxygens (including phenoxy) is 1. The number of carbonyl (C=O) groups excluding carboxylic acids is 1. The lowest BCUT2D eigenvalue weighted by Gasteiger charge is -2.08. The minimum atomic E-state index is -0.207. The lowest BCUT2D eigenvalue weighted by molar-refractivity contribution is -0.121. The van der Waals surface area contributed by atoms with E-state index in [2.05, 4.69) is 25.6 Å². The van der Waals surface area contributed by atoms with Crippen LogP contribution in [0.15, 0.2) is 67.4 Å². The standard InChI is InChI=1S/C21H20N6O2/c1-22-20-21-25-12-18(27(21)10-9-24-20)16-4-6-17(7-5-16)26-19(28)14-29-13-15-3-2-8-23-11-15/h2-12H,13-14H2,1H3,(H,22,24)(H,26,28). The van der Waals surface area contributed by atoms with Crippen molar-refractivity contribution in [1.82, 2.24) is 19.4 Å². The highest BCUT2D eigenvalue weighted by Gasteiger charge is 2.10. The first kappa shape index (κ1) is 18.6. The van der Waals surface area contributed by atoms with Gasteiger partial charge in [0.15, 0.2) is 11.5 Å². The number of amides is 1. The van der Waals surface area contributed by atoms with Gasteiger partial charge in [-0.25, -0.2) is 9.97 Å². The Kier molecular flexibility index (Phi) is 5.44. The monoisotopic (exact) mass is 388 g/mol. The van der Waals surface area contributed by atoms with Crippen molar-refractivity contribution < 1.29 is 9.53 Å². The van der Waals surface area contributed by atoms with Gasteiger partial charge in [-0.3, -0.25) is 14.2 Å². The number of carbonyl (C=O) groups is 1. The zero-order chi connectivity index (χ0) is 20.1. The van der Waals surface area contributed by atoms with E-state index in [0.717, 1.165) is 22.5 Å². The molecule has 0 spiro atoms. The zero-order valence-electron chi connectivity index (χ0n) is 15.9. The smallest absolute Gasteiger partial charge is 0.250 e. The van der Waals surface area contributed by atoms with Gasteiger partial charge in [0.25, 0.3) is 0 Å². The van der Waals surface area contributed by atoms with Crippen molar-refractivity contribution in [3.63, 3.8) is 0 Å². The average molecular weight is 388 g/mol. The predicted molar refractivity (Wildman–Crippen MR) is 110 cm³/mol. The van der Waals surface area contributed by atoms with Crippen LogP contribution >= 0.6 is 0 Å². The molecule has 3 aromatic heterocycles. The summed E-state index contributed by atoms with van der Waals surface area (Å²) in [6.45, 7) is 0.321. The zero-order valence-corrected chi connectivity index (χ0v) is 15.9. The van der Waals surface area contributed by atoms with Gasteiger partial charge < -0.3 is 15.4 Å². The fourth-order valence-electron chi connectivity index (χ4n) is 2.98. The summed E-state index contributed by atoms with van der Waals surface area (Å²) in [5.74, 6) is 0.509. The molecule has 1 aromatic carbocycles. The first-order valence-corrected chi connectivity index (χ1v) is 9.11. The van der Waals surface area contributed by atoms with Gasteiger partial charge >= 0.3 is 0 Å². The molecule has 0 atom stereocenters. The molecule has 0 fully saturated rings. The van der Waals surface area contributed by atoms with Crippen molar-refractivity contribution in [2.24, 2.45) is 0 Å². The van der Waals surface area contributed by atoms with Gasteiger partial charge in [-0.1, -0.05) is 18.2 Å². The molecule has 0 saturated carbocycles. The number of fused-ring (bicyclic) bond motifs is 1. The summed E-state index contributed by atoms with van der Waals surface area (Å²) < 4.78 is 7.40. The van der Waals surface area contributed by atoms with Crippen molar-refractivity contribution in [2.45, 2.75) is 6.61 Å². The highest BCUT2D eigenvalue weighted by molar-refractivity contribution is 5.92. The lowest BCUT2D eigenvalue weighted by atomic mass is 10.1. The molecule has 0 aliphatic carbocycles. The molecular weight excluding hydrogens is 368 g/mol. The second-order valence-electron chi connectivity index (χ2n) is 6.34. The number of imidazole rings is 1. The maximum Gasteiger partial charge on any atom is 0.250 e. The molecular formula is C21H20N6O2. The van der Waals surface area contributed by atoms with Gasteiger partial charge in [-0.2, -0.15) is 0 Å². The van der Waals surface area contributed by atoms with E-state index >= 15 is 0 Å². The number of benzene rings is 1. The molecule has 0 bridgehead atoms. The van der Waals surface area contributed by atoms with Crippen molar-refractivity contribution in [3.05, 3.63) is 72.9 Å². The first-order valence-electron chi connectivity index (χ1n) is 9.11. The van der Waals surface area contributed by atoms with Gasteiger partial charge in [0.2, 0.25) is 5.91 Å². The first-order chi connectivity index (χ1) is 14.2. The SMILES string of the molecule is CNc1nccn2c(-c3ccc(NC(=O)COCc4cccnc4)cc3)cnc12. The summed E-state index contributed by atoms with van der Waals surface area (Å²) >= 11 is 0. The van der Waals surface area contributed by atoms with E-state index in [0.29, 0.717) is 18.1 Å². The molecule has 0 saturated heterocycles. The van der Waals surface area contributed by atoms with Crippen molar-refractivity contribution in [2.75, 3.05) is 24.3 Å². The summed E-state index contributed by atoms with van der Waals surface area (Å²) in [4.78, 5) is 24.8. The average Bonchev–Trinajstić information content (AvgIpc) is 3.19. The molecule has 146 valence electrons. The third-order valence-corrected chi connectivity index (χ3v) is 4.35. The summed E-state index contributed by atoms with van der Waals surface area (Å²) in [5, 5.41) is 5.87. The van der Waals surface area contributed by atoms with Crippen LogP contribution in [-0.2, 0) is 16.1 Å². The van der Waals surface area contributed by atoms with E-state index in [9.17, 15) is 4.79 Å². The Morgan fingerprint density at radius 1 is 1.10 bits per heavy atom. The van der Waals surface area contributed by atoms with Crippen LogP contribution in [-0.4, -0.2) is 38.9 Å². The molecule has 4 rings (SSSR count). The van der Waals surface area contributed by atoms with E-state index < -0.39 is 0 Å². The van der Waals surface area contributed by atoms with Crippen molar-refractivity contribution >= 4 is 23.1 Å². The molecule has 0 unspecified atom stereocenters. The maximum atomic E-state index is 12.1. The molecule has 0 aliphatic rings. The molecule has 1 amide bonds. The van der Waals surface area contributed by atoms with Crippen LogP contribution in [0, 0.1) is 0 Å². The number of nitrogens with one attached hydrogen (secondary N) is 2. The van der Waals surface area contributed by atoms with Gasteiger partial charge in [-0.15, -0.1) is 0 Å². The van der Waals surface area contributed by atoms with Crippen LogP contribution in [0.25, 0.3) is 16.9 Å². The number of aromatic nitrogens is 4. The van der Waals surface area contributed by atoms with Gasteiger partial charge in [-0.05, 0) is 23.8 Å². The Labute approximate surface area is 167 Å². The largest absolute Gasteiger partial charge is 0.370 e. The predicted octanol–water partition coefficient (Wildman–Crippen LogP) is 2.99. The second-order valence-corrected chi connectivity index (χ2v) is 6.34. The normalized spacial score (nSPS) is 10.8. The summed E-state index contributed by atoms with van der Waals surface area (Å²) in [6, 6.07) is 11.3. The van der Waals surface area contributed by atoms with E-state index in [1.807, 2.05) is 54.0 Å². The number of rotatable bonds is 7. The highest BCUT2D eigenvalue weighted by atomic mass is 16.5. The van der Waals surface area contributed by atoms with E-state index in [-0.39, 0.29) is 12.5 Å². The van der Waals surface area contributed by atoms with E-state index in [1.54, 1.807) is 24.8 Å². The lowest BCUT2D eigenvalue weighted by Crippen LogP contribution is -2.18. The van der Waals surface area contributed by atoms with Crippen LogP contribution in [0.2, 0.25) is 0 Å².